The van der Waals surface area contributed by atoms with Gasteiger partial charge in [-0.1, -0.05) is 6.07 Å². The van der Waals surface area contributed by atoms with Crippen molar-refractivity contribution in [3.63, 3.8) is 0 Å². The lowest BCUT2D eigenvalue weighted by Crippen LogP contribution is -2.25. The molecule has 0 bridgehead atoms. The molecule has 0 saturated heterocycles. The summed E-state index contributed by atoms with van der Waals surface area (Å²) in [5, 5.41) is 19.8. The SMILES string of the molecule is CCOC(=O)CC(O)C(O)c1cccnc1C(=O)OC. The first kappa shape index (κ1) is 16.1. The number of ether oxygens (including phenoxy) is 2. The van der Waals surface area contributed by atoms with Crippen LogP contribution in [-0.2, 0) is 14.3 Å². The molecule has 1 aromatic rings. The highest BCUT2D eigenvalue weighted by Crippen LogP contribution is 2.22. The van der Waals surface area contributed by atoms with Crippen LogP contribution >= 0.6 is 0 Å². The van der Waals surface area contributed by atoms with Crippen LogP contribution in [0.25, 0.3) is 0 Å². The average molecular weight is 283 g/mol. The van der Waals surface area contributed by atoms with Crippen molar-refractivity contribution in [3.05, 3.63) is 29.6 Å². The van der Waals surface area contributed by atoms with E-state index in [0.717, 1.165) is 0 Å². The number of aliphatic hydroxyl groups excluding tert-OH is 2. The molecule has 0 aliphatic carbocycles. The number of carbonyl (C=O) groups is 2. The van der Waals surface area contributed by atoms with Crippen molar-refractivity contribution in [1.82, 2.24) is 4.98 Å². The Kier molecular flexibility index (Phi) is 6.08. The van der Waals surface area contributed by atoms with E-state index < -0.39 is 24.1 Å². The minimum absolute atomic E-state index is 0.0937. The Morgan fingerprint density at radius 1 is 1.40 bits per heavy atom. The van der Waals surface area contributed by atoms with Gasteiger partial charge in [-0.25, -0.2) is 9.78 Å². The smallest absolute Gasteiger partial charge is 0.357 e. The molecule has 0 spiro atoms. The van der Waals surface area contributed by atoms with Gasteiger partial charge in [0, 0.05) is 11.8 Å². The maximum absolute atomic E-state index is 11.5. The maximum atomic E-state index is 11.5. The van der Waals surface area contributed by atoms with E-state index in [4.69, 9.17) is 0 Å². The molecule has 0 aromatic carbocycles. The van der Waals surface area contributed by atoms with E-state index in [2.05, 4.69) is 14.5 Å². The van der Waals surface area contributed by atoms with Crippen LogP contribution < -0.4 is 0 Å². The van der Waals surface area contributed by atoms with Crippen molar-refractivity contribution >= 4 is 11.9 Å². The van der Waals surface area contributed by atoms with Crippen molar-refractivity contribution in [2.24, 2.45) is 0 Å². The van der Waals surface area contributed by atoms with Gasteiger partial charge in [-0.3, -0.25) is 4.79 Å². The third-order valence-electron chi connectivity index (χ3n) is 2.58. The van der Waals surface area contributed by atoms with Crippen molar-refractivity contribution in [3.8, 4) is 0 Å². The molecule has 1 rings (SSSR count). The van der Waals surface area contributed by atoms with Crippen molar-refractivity contribution in [2.45, 2.75) is 25.6 Å². The molecular weight excluding hydrogens is 266 g/mol. The Morgan fingerprint density at radius 3 is 2.70 bits per heavy atom. The monoisotopic (exact) mass is 283 g/mol. The molecule has 1 aromatic heterocycles. The second-order valence-electron chi connectivity index (χ2n) is 3.95. The Bertz CT molecular complexity index is 476. The quantitative estimate of drug-likeness (QED) is 0.719. The Hall–Kier alpha value is -1.99. The number of aliphatic hydroxyl groups is 2. The van der Waals surface area contributed by atoms with E-state index >= 15 is 0 Å². The van der Waals surface area contributed by atoms with E-state index in [1.807, 2.05) is 0 Å². The lowest BCUT2D eigenvalue weighted by atomic mass is 10.0. The van der Waals surface area contributed by atoms with Crippen LogP contribution in [0.2, 0.25) is 0 Å². The lowest BCUT2D eigenvalue weighted by Gasteiger charge is -2.18. The van der Waals surface area contributed by atoms with E-state index in [1.54, 1.807) is 6.92 Å². The molecule has 0 radical (unpaired) electrons. The van der Waals surface area contributed by atoms with Gasteiger partial charge in [-0.15, -0.1) is 0 Å². The molecule has 2 unspecified atom stereocenters. The van der Waals surface area contributed by atoms with Gasteiger partial charge < -0.3 is 19.7 Å². The summed E-state index contributed by atoms with van der Waals surface area (Å²) in [5.41, 5.74) is -0.0124. The third-order valence-corrected chi connectivity index (χ3v) is 2.58. The lowest BCUT2D eigenvalue weighted by molar-refractivity contribution is -0.147. The molecule has 7 heteroatoms. The predicted octanol–water partition coefficient (Wildman–Crippen LogP) is 0.216. The molecule has 1 heterocycles. The summed E-state index contributed by atoms with van der Waals surface area (Å²) in [7, 11) is 1.18. The molecule has 2 atom stereocenters. The van der Waals surface area contributed by atoms with Crippen molar-refractivity contribution < 1.29 is 29.3 Å². The number of hydrogen-bond acceptors (Lipinski definition) is 7. The fraction of sp³-hybridized carbons (Fsp3) is 0.462. The van der Waals surface area contributed by atoms with Gasteiger partial charge in [0.25, 0.3) is 0 Å². The van der Waals surface area contributed by atoms with Gasteiger partial charge in [0.05, 0.1) is 26.2 Å². The average Bonchev–Trinajstić information content (AvgIpc) is 2.45. The van der Waals surface area contributed by atoms with E-state index in [1.165, 1.54) is 25.4 Å². The molecule has 20 heavy (non-hydrogen) atoms. The number of pyridine rings is 1. The summed E-state index contributed by atoms with van der Waals surface area (Å²) < 4.78 is 9.22. The highest BCUT2D eigenvalue weighted by atomic mass is 16.5. The first-order chi connectivity index (χ1) is 9.51. The number of nitrogens with zero attached hydrogens (tertiary/aromatic N) is 1. The molecule has 0 amide bonds. The summed E-state index contributed by atoms with van der Waals surface area (Å²) in [4.78, 5) is 26.6. The maximum Gasteiger partial charge on any atom is 0.357 e. The number of esters is 2. The molecule has 0 fully saturated rings. The highest BCUT2D eigenvalue weighted by Gasteiger charge is 2.27. The van der Waals surface area contributed by atoms with Crippen LogP contribution in [0.15, 0.2) is 18.3 Å². The minimum Gasteiger partial charge on any atom is -0.466 e. The van der Waals surface area contributed by atoms with Crippen molar-refractivity contribution in [1.29, 1.82) is 0 Å². The van der Waals surface area contributed by atoms with Gasteiger partial charge in [0.2, 0.25) is 0 Å². The zero-order chi connectivity index (χ0) is 15.1. The third kappa shape index (κ3) is 4.01. The Balaban J connectivity index is 2.88. The van der Waals surface area contributed by atoms with Crippen LogP contribution in [0, 0.1) is 0 Å². The topological polar surface area (TPSA) is 106 Å². The van der Waals surface area contributed by atoms with Crippen LogP contribution in [0.4, 0.5) is 0 Å². The van der Waals surface area contributed by atoms with Gasteiger partial charge in [0.1, 0.15) is 6.10 Å². The van der Waals surface area contributed by atoms with Gasteiger partial charge >= 0.3 is 11.9 Å². The first-order valence-electron chi connectivity index (χ1n) is 6.06. The Labute approximate surface area is 116 Å². The van der Waals surface area contributed by atoms with Crippen LogP contribution in [0.1, 0.15) is 35.5 Å². The van der Waals surface area contributed by atoms with E-state index in [9.17, 15) is 19.8 Å². The molecule has 2 N–H and O–H groups in total. The highest BCUT2D eigenvalue weighted by molar-refractivity contribution is 5.88. The first-order valence-corrected chi connectivity index (χ1v) is 6.06. The summed E-state index contributed by atoms with van der Waals surface area (Å²) in [6.07, 6.45) is -1.87. The summed E-state index contributed by atoms with van der Waals surface area (Å²) in [5.74, 6) is -1.37. The van der Waals surface area contributed by atoms with Crippen LogP contribution in [-0.4, -0.2) is 47.0 Å². The molecule has 110 valence electrons. The van der Waals surface area contributed by atoms with E-state index in [0.29, 0.717) is 0 Å². The number of carbonyl (C=O) groups excluding carboxylic acids is 2. The summed E-state index contributed by atoms with van der Waals surface area (Å²) in [6, 6.07) is 2.93. The number of rotatable bonds is 6. The predicted molar refractivity (Wildman–Crippen MR) is 67.8 cm³/mol. The normalized spacial score (nSPS) is 13.4. The number of hydrogen-bond donors (Lipinski definition) is 2. The summed E-state index contributed by atoms with van der Waals surface area (Å²) in [6.45, 7) is 1.82. The molecule has 0 aliphatic heterocycles. The number of aromatic nitrogens is 1. The summed E-state index contributed by atoms with van der Waals surface area (Å²) >= 11 is 0. The minimum atomic E-state index is -1.44. The fourth-order valence-electron chi connectivity index (χ4n) is 1.63. The number of methoxy groups -OCH3 is 1. The molecule has 0 saturated carbocycles. The van der Waals surface area contributed by atoms with Crippen LogP contribution in [0.3, 0.4) is 0 Å². The van der Waals surface area contributed by atoms with Gasteiger partial charge in [-0.05, 0) is 13.0 Å². The largest absolute Gasteiger partial charge is 0.466 e. The van der Waals surface area contributed by atoms with E-state index in [-0.39, 0.29) is 24.3 Å². The van der Waals surface area contributed by atoms with Gasteiger partial charge in [-0.2, -0.15) is 0 Å². The molecular formula is C13H17NO6. The zero-order valence-corrected chi connectivity index (χ0v) is 11.3. The second-order valence-corrected chi connectivity index (χ2v) is 3.95. The molecule has 0 aliphatic rings. The van der Waals surface area contributed by atoms with Crippen molar-refractivity contribution in [2.75, 3.05) is 13.7 Å². The zero-order valence-electron chi connectivity index (χ0n) is 11.3. The Morgan fingerprint density at radius 2 is 2.10 bits per heavy atom. The standard InChI is InChI=1S/C13H17NO6/c1-3-20-10(16)7-9(15)12(17)8-5-4-6-14-11(8)13(18)19-2/h4-6,9,12,15,17H,3,7H2,1-2H3. The fourth-order valence-corrected chi connectivity index (χ4v) is 1.63. The van der Waals surface area contributed by atoms with Gasteiger partial charge in [0.15, 0.2) is 5.69 Å². The molecule has 7 nitrogen and oxygen atoms in total. The second kappa shape index (κ2) is 7.56. The van der Waals surface area contributed by atoms with Crippen LogP contribution in [0.5, 0.6) is 0 Å².